The molecule has 2 aromatic heterocycles. The molecule has 9 heteroatoms. The Hall–Kier alpha value is -3.72. The summed E-state index contributed by atoms with van der Waals surface area (Å²) in [6.07, 6.45) is 0. The van der Waals surface area contributed by atoms with Crippen LogP contribution in [0, 0.1) is 23.0 Å². The maximum absolute atomic E-state index is 13.3. The predicted octanol–water partition coefficient (Wildman–Crippen LogP) is 4.81. The summed E-state index contributed by atoms with van der Waals surface area (Å²) in [6.45, 7) is 6.74. The van der Waals surface area contributed by atoms with Crippen LogP contribution in [0.4, 0.5) is 11.4 Å². The number of hydrogen-bond acceptors (Lipinski definition) is 5. The third-order valence-electron chi connectivity index (χ3n) is 5.43. The van der Waals surface area contributed by atoms with Crippen LogP contribution in [0.25, 0.3) is 16.9 Å². The van der Waals surface area contributed by atoms with Gasteiger partial charge in [0.05, 0.1) is 22.0 Å². The van der Waals surface area contributed by atoms with Crippen molar-refractivity contribution in [2.75, 3.05) is 0 Å². The zero-order valence-corrected chi connectivity index (χ0v) is 19.7. The van der Waals surface area contributed by atoms with Crippen LogP contribution in [-0.2, 0) is 13.6 Å². The number of para-hydroxylation sites is 1. The monoisotopic (exact) mass is 463 g/mol. The van der Waals surface area contributed by atoms with E-state index in [2.05, 4.69) is 13.8 Å². The molecule has 0 radical (unpaired) electrons. The largest absolute Gasteiger partial charge is 0.316 e. The normalized spacial score (nSPS) is 12.0. The van der Waals surface area contributed by atoms with Gasteiger partial charge in [-0.2, -0.15) is 0 Å². The molecule has 33 heavy (non-hydrogen) atoms. The molecule has 8 nitrogen and oxygen atoms in total. The Morgan fingerprint density at radius 1 is 1.12 bits per heavy atom. The average molecular weight is 464 g/mol. The van der Waals surface area contributed by atoms with Crippen LogP contribution in [-0.4, -0.2) is 18.9 Å². The van der Waals surface area contributed by atoms with E-state index in [1.165, 1.54) is 17.4 Å². The van der Waals surface area contributed by atoms with Crippen molar-refractivity contribution in [2.45, 2.75) is 27.3 Å². The van der Waals surface area contributed by atoms with Gasteiger partial charge in [-0.15, -0.1) is 11.3 Å². The van der Waals surface area contributed by atoms with Crippen LogP contribution in [0.3, 0.4) is 0 Å². The third kappa shape index (κ3) is 4.31. The fraction of sp³-hybridized carbons (Fsp3) is 0.250. The highest BCUT2D eigenvalue weighted by molar-refractivity contribution is 7.07. The van der Waals surface area contributed by atoms with E-state index in [1.807, 2.05) is 60.3 Å². The molecular formula is C24H25N5O3S. The van der Waals surface area contributed by atoms with Crippen LogP contribution in [0.1, 0.15) is 19.5 Å². The molecule has 0 spiro atoms. The lowest BCUT2D eigenvalue weighted by Gasteiger charge is -2.11. The molecule has 0 atom stereocenters. The number of benzene rings is 2. The molecule has 170 valence electrons. The smallest absolute Gasteiger partial charge is 0.297 e. The van der Waals surface area contributed by atoms with Crippen LogP contribution in [0.5, 0.6) is 0 Å². The van der Waals surface area contributed by atoms with Crippen LogP contribution >= 0.6 is 11.3 Å². The summed E-state index contributed by atoms with van der Waals surface area (Å²) in [4.78, 5) is 29.7. The Bertz CT molecular complexity index is 1440. The Balaban J connectivity index is 1.91. The zero-order valence-electron chi connectivity index (χ0n) is 18.9. The van der Waals surface area contributed by atoms with E-state index in [1.54, 1.807) is 21.5 Å². The minimum Gasteiger partial charge on any atom is -0.316 e. The molecule has 0 aliphatic carbocycles. The topological polar surface area (TPSA) is 87.4 Å². The second-order valence-corrected chi connectivity index (χ2v) is 9.07. The molecule has 0 aliphatic rings. The molecule has 0 unspecified atom stereocenters. The van der Waals surface area contributed by atoms with Gasteiger partial charge in [-0.25, -0.2) is 9.67 Å². The van der Waals surface area contributed by atoms with Gasteiger partial charge in [-0.05, 0) is 25.0 Å². The first kappa shape index (κ1) is 22.5. The number of nitro benzene ring substituents is 1. The highest BCUT2D eigenvalue weighted by atomic mass is 32.1. The van der Waals surface area contributed by atoms with Gasteiger partial charge in [0, 0.05) is 36.7 Å². The summed E-state index contributed by atoms with van der Waals surface area (Å²) in [5, 5.41) is 13.2. The van der Waals surface area contributed by atoms with Crippen LogP contribution in [0.15, 0.2) is 69.8 Å². The van der Waals surface area contributed by atoms with Gasteiger partial charge in [-0.1, -0.05) is 44.2 Å². The number of non-ortho nitro benzene ring substituents is 1. The van der Waals surface area contributed by atoms with Crippen LogP contribution in [0.2, 0.25) is 0 Å². The van der Waals surface area contributed by atoms with Gasteiger partial charge in [0.15, 0.2) is 10.5 Å². The van der Waals surface area contributed by atoms with E-state index in [9.17, 15) is 14.9 Å². The lowest BCUT2D eigenvalue weighted by atomic mass is 10.1. The number of aromatic nitrogens is 3. The van der Waals surface area contributed by atoms with Gasteiger partial charge in [0.25, 0.3) is 11.2 Å². The van der Waals surface area contributed by atoms with Crippen molar-refractivity contribution in [2.24, 2.45) is 18.0 Å². The van der Waals surface area contributed by atoms with Crippen molar-refractivity contribution in [1.82, 2.24) is 13.9 Å². The first-order chi connectivity index (χ1) is 15.8. The van der Waals surface area contributed by atoms with E-state index in [4.69, 9.17) is 4.99 Å². The van der Waals surface area contributed by atoms with Crippen molar-refractivity contribution >= 4 is 22.7 Å². The maximum atomic E-state index is 13.3. The summed E-state index contributed by atoms with van der Waals surface area (Å²) in [6, 6.07) is 16.0. The van der Waals surface area contributed by atoms with Crippen molar-refractivity contribution < 1.29 is 4.92 Å². The number of nitrogens with zero attached hydrogens (tertiary/aromatic N) is 5. The molecule has 0 fully saturated rings. The SMILES string of the molecule is Cc1c(N=c2scc(-c3cccc([N+](=O)[O-])c3)n2CC(C)C)c(=O)n(-c2ccccc2)n1C. The highest BCUT2D eigenvalue weighted by Gasteiger charge is 2.18. The quantitative estimate of drug-likeness (QED) is 0.304. The average Bonchev–Trinajstić information content (AvgIpc) is 3.27. The van der Waals surface area contributed by atoms with Gasteiger partial charge in [-0.3, -0.25) is 19.6 Å². The number of hydrogen-bond donors (Lipinski definition) is 0. The Kier molecular flexibility index (Phi) is 6.15. The predicted molar refractivity (Wildman–Crippen MR) is 130 cm³/mol. The molecule has 0 bridgehead atoms. The fourth-order valence-electron chi connectivity index (χ4n) is 3.75. The molecule has 4 rings (SSSR count). The van der Waals surface area contributed by atoms with Crippen molar-refractivity contribution in [1.29, 1.82) is 0 Å². The Morgan fingerprint density at radius 2 is 1.85 bits per heavy atom. The van der Waals surface area contributed by atoms with Crippen molar-refractivity contribution in [3.8, 4) is 16.9 Å². The van der Waals surface area contributed by atoms with Crippen LogP contribution < -0.4 is 10.4 Å². The van der Waals surface area contributed by atoms with E-state index < -0.39 is 4.92 Å². The third-order valence-corrected chi connectivity index (χ3v) is 6.29. The van der Waals surface area contributed by atoms with E-state index >= 15 is 0 Å². The highest BCUT2D eigenvalue weighted by Crippen LogP contribution is 2.26. The molecule has 0 amide bonds. The minimum absolute atomic E-state index is 0.0398. The summed E-state index contributed by atoms with van der Waals surface area (Å²) in [5.41, 5.74) is 3.34. The number of thiazole rings is 1. The second-order valence-electron chi connectivity index (χ2n) is 8.24. The molecule has 0 saturated carbocycles. The van der Waals surface area contributed by atoms with E-state index in [0.717, 1.165) is 22.6 Å². The fourth-order valence-corrected chi connectivity index (χ4v) is 4.67. The first-order valence-corrected chi connectivity index (χ1v) is 11.5. The maximum Gasteiger partial charge on any atom is 0.297 e. The zero-order chi connectivity index (χ0) is 23.7. The Morgan fingerprint density at radius 3 is 2.52 bits per heavy atom. The number of nitro groups is 1. The van der Waals surface area contributed by atoms with E-state index in [-0.39, 0.29) is 11.2 Å². The summed E-state index contributed by atoms with van der Waals surface area (Å²) in [7, 11) is 1.84. The minimum atomic E-state index is -0.396. The van der Waals surface area contributed by atoms with Crippen molar-refractivity contribution in [3.05, 3.63) is 90.9 Å². The van der Waals surface area contributed by atoms with Gasteiger partial charge >= 0.3 is 0 Å². The standard InChI is InChI=1S/C24H25N5O3S/c1-16(2)14-27-21(18-9-8-12-20(13-18)29(31)32)15-33-24(27)25-22-17(3)26(4)28(23(22)30)19-10-6-5-7-11-19/h5-13,15-16H,14H2,1-4H3. The molecule has 2 aromatic carbocycles. The summed E-state index contributed by atoms with van der Waals surface area (Å²) in [5.74, 6) is 0.314. The van der Waals surface area contributed by atoms with Crippen molar-refractivity contribution in [3.63, 3.8) is 0 Å². The lowest BCUT2D eigenvalue weighted by molar-refractivity contribution is -0.384. The van der Waals surface area contributed by atoms with E-state index in [0.29, 0.717) is 23.0 Å². The molecule has 0 N–H and O–H groups in total. The molecule has 0 aliphatic heterocycles. The van der Waals surface area contributed by atoms with Gasteiger partial charge < -0.3 is 4.57 Å². The first-order valence-electron chi connectivity index (χ1n) is 10.6. The summed E-state index contributed by atoms with van der Waals surface area (Å²) < 4.78 is 5.45. The molecule has 0 saturated heterocycles. The Labute approximate surface area is 194 Å². The number of rotatable bonds is 6. The molecule has 4 aromatic rings. The molecule has 2 heterocycles. The molecular weight excluding hydrogens is 438 g/mol. The summed E-state index contributed by atoms with van der Waals surface area (Å²) >= 11 is 1.42. The van der Waals surface area contributed by atoms with Gasteiger partial charge in [0.1, 0.15) is 0 Å². The lowest BCUT2D eigenvalue weighted by Crippen LogP contribution is -2.21. The second kappa shape index (κ2) is 9.03. The van der Waals surface area contributed by atoms with Gasteiger partial charge in [0.2, 0.25) is 0 Å².